The number of furan rings is 1. The molecule has 1 N–H and O–H groups in total. The van der Waals surface area contributed by atoms with Crippen LogP contribution in [-0.4, -0.2) is 30.4 Å². The van der Waals surface area contributed by atoms with Crippen LogP contribution in [0.25, 0.3) is 32.9 Å². The van der Waals surface area contributed by atoms with Gasteiger partial charge in [0.05, 0.1) is 0 Å². The van der Waals surface area contributed by atoms with Gasteiger partial charge in [-0.3, -0.25) is 4.79 Å². The van der Waals surface area contributed by atoms with Crippen LogP contribution in [-0.2, 0) is 4.79 Å². The smallest absolute Gasteiger partial charge is 0.336 e. The fraction of sp³-hybridized carbons (Fsp3) is 0.333. The number of nitrogens with zero attached hydrogens (tertiary/aromatic N) is 1. The van der Waals surface area contributed by atoms with Crippen molar-refractivity contribution in [2.45, 2.75) is 33.6 Å². The zero-order valence-corrected chi connectivity index (χ0v) is 17.6. The van der Waals surface area contributed by atoms with Gasteiger partial charge in [-0.25, -0.2) is 4.79 Å². The van der Waals surface area contributed by atoms with Crippen LogP contribution in [0.5, 0.6) is 0 Å². The molecule has 0 saturated carbocycles. The highest BCUT2D eigenvalue weighted by Crippen LogP contribution is 2.34. The molecule has 4 aromatic rings. The molecule has 0 unspecified atom stereocenters. The van der Waals surface area contributed by atoms with Crippen LogP contribution in [0.1, 0.15) is 32.3 Å². The summed E-state index contributed by atoms with van der Waals surface area (Å²) >= 11 is 0. The van der Waals surface area contributed by atoms with Crippen molar-refractivity contribution < 1.29 is 13.6 Å². The monoisotopic (exact) mass is 406 g/mol. The Morgan fingerprint density at radius 1 is 0.933 bits per heavy atom. The predicted octanol–water partition coefficient (Wildman–Crippen LogP) is 5.06. The van der Waals surface area contributed by atoms with Crippen LogP contribution in [0.15, 0.2) is 50.0 Å². The van der Waals surface area contributed by atoms with Crippen LogP contribution >= 0.6 is 0 Å². The lowest BCUT2D eigenvalue weighted by Crippen LogP contribution is -2.25. The van der Waals surface area contributed by atoms with E-state index in [1.165, 1.54) is 6.07 Å². The van der Waals surface area contributed by atoms with Crippen molar-refractivity contribution in [3.63, 3.8) is 0 Å². The lowest BCUT2D eigenvalue weighted by Gasteiger charge is -2.17. The number of anilines is 1. The van der Waals surface area contributed by atoms with Gasteiger partial charge in [0, 0.05) is 46.5 Å². The van der Waals surface area contributed by atoms with E-state index in [1.54, 1.807) is 6.07 Å². The Morgan fingerprint density at radius 3 is 2.43 bits per heavy atom. The van der Waals surface area contributed by atoms with Crippen LogP contribution in [0.3, 0.4) is 0 Å². The van der Waals surface area contributed by atoms with Gasteiger partial charge in [-0.05, 0) is 56.7 Å². The summed E-state index contributed by atoms with van der Waals surface area (Å²) in [6.45, 7) is 9.07. The Bertz CT molecular complexity index is 1280. The molecule has 0 bridgehead atoms. The summed E-state index contributed by atoms with van der Waals surface area (Å²) in [4.78, 5) is 26.3. The summed E-state index contributed by atoms with van der Waals surface area (Å²) in [6, 6.07) is 10.9. The summed E-state index contributed by atoms with van der Waals surface area (Å²) in [7, 11) is 0. The molecular weight excluding hydrogens is 380 g/mol. The summed E-state index contributed by atoms with van der Waals surface area (Å²) in [5.74, 6) is 0.000700. The first-order chi connectivity index (χ1) is 14.5. The highest BCUT2D eigenvalue weighted by Gasteiger charge is 2.13. The number of amides is 1. The van der Waals surface area contributed by atoms with Crippen LogP contribution in [0.2, 0.25) is 0 Å². The molecule has 0 atom stereocenters. The van der Waals surface area contributed by atoms with Crippen molar-refractivity contribution in [1.29, 1.82) is 0 Å². The van der Waals surface area contributed by atoms with E-state index in [9.17, 15) is 9.59 Å². The van der Waals surface area contributed by atoms with Crippen LogP contribution < -0.4 is 10.9 Å². The Hall–Kier alpha value is -3.12. The number of rotatable bonds is 7. The van der Waals surface area contributed by atoms with Gasteiger partial charge >= 0.3 is 5.63 Å². The van der Waals surface area contributed by atoms with Crippen molar-refractivity contribution in [1.82, 2.24) is 4.90 Å². The van der Waals surface area contributed by atoms with Gasteiger partial charge in [-0.2, -0.15) is 0 Å². The molecule has 4 rings (SSSR count). The summed E-state index contributed by atoms with van der Waals surface area (Å²) in [6.07, 6.45) is 1.32. The number of hydrogen-bond donors (Lipinski definition) is 1. The zero-order valence-electron chi connectivity index (χ0n) is 17.6. The van der Waals surface area contributed by atoms with E-state index in [-0.39, 0.29) is 11.5 Å². The minimum Gasteiger partial charge on any atom is -0.456 e. The minimum atomic E-state index is -0.374. The van der Waals surface area contributed by atoms with Crippen LogP contribution in [0.4, 0.5) is 5.69 Å². The Balaban J connectivity index is 1.57. The lowest BCUT2D eigenvalue weighted by atomic mass is 10.1. The first kappa shape index (κ1) is 20.2. The second-order valence-corrected chi connectivity index (χ2v) is 7.58. The maximum atomic E-state index is 12.3. The van der Waals surface area contributed by atoms with Gasteiger partial charge in [0.25, 0.3) is 0 Å². The fourth-order valence-corrected chi connectivity index (χ4v) is 3.89. The van der Waals surface area contributed by atoms with Gasteiger partial charge in [-0.1, -0.05) is 13.8 Å². The van der Waals surface area contributed by atoms with Gasteiger partial charge < -0.3 is 19.1 Å². The first-order valence-electron chi connectivity index (χ1n) is 10.4. The first-order valence-corrected chi connectivity index (χ1v) is 10.4. The van der Waals surface area contributed by atoms with Gasteiger partial charge in [0.2, 0.25) is 5.91 Å². The number of carbonyl (C=O) groups is 1. The van der Waals surface area contributed by atoms with Crippen molar-refractivity contribution in [3.05, 3.63) is 52.4 Å². The average molecular weight is 406 g/mol. The zero-order chi connectivity index (χ0) is 21.3. The van der Waals surface area contributed by atoms with Gasteiger partial charge in [-0.15, -0.1) is 0 Å². The third-order valence-electron chi connectivity index (χ3n) is 5.60. The SMILES string of the molecule is CCN(CC)CCCC(=O)Nc1ccc2c(c1)oc1cc3oc(=O)cc(C)c3cc12. The molecule has 2 heterocycles. The van der Waals surface area contributed by atoms with E-state index < -0.39 is 0 Å². The molecular formula is C24H26N2O4. The second-order valence-electron chi connectivity index (χ2n) is 7.58. The Labute approximate surface area is 174 Å². The fourth-order valence-electron chi connectivity index (χ4n) is 3.89. The molecule has 1 amide bonds. The molecule has 0 fully saturated rings. The summed E-state index contributed by atoms with van der Waals surface area (Å²) in [5, 5.41) is 5.75. The highest BCUT2D eigenvalue weighted by atomic mass is 16.4. The number of hydrogen-bond acceptors (Lipinski definition) is 5. The van der Waals surface area contributed by atoms with Crippen molar-refractivity contribution in [2.75, 3.05) is 25.0 Å². The molecule has 2 aromatic heterocycles. The average Bonchev–Trinajstić information content (AvgIpc) is 3.06. The number of aryl methyl sites for hydroxylation is 1. The predicted molar refractivity (Wildman–Crippen MR) is 120 cm³/mol. The standard InChI is InChI=1S/C24H26N2O4/c1-4-26(5-2)10-6-7-23(27)25-16-8-9-17-19-13-18-15(3)11-24(28)30-21(18)14-22(19)29-20(17)12-16/h8-9,11-14H,4-7,10H2,1-3H3,(H,25,27). The Kier molecular flexibility index (Phi) is 5.59. The highest BCUT2D eigenvalue weighted by molar-refractivity contribution is 6.10. The van der Waals surface area contributed by atoms with Crippen molar-refractivity contribution in [3.8, 4) is 0 Å². The minimum absolute atomic E-state index is 0.000700. The summed E-state index contributed by atoms with van der Waals surface area (Å²) < 4.78 is 11.3. The van der Waals surface area contributed by atoms with Gasteiger partial charge in [0.15, 0.2) is 0 Å². The second kappa shape index (κ2) is 8.32. The lowest BCUT2D eigenvalue weighted by molar-refractivity contribution is -0.116. The molecule has 6 nitrogen and oxygen atoms in total. The summed E-state index contributed by atoms with van der Waals surface area (Å²) in [5.41, 5.74) is 3.04. The molecule has 156 valence electrons. The van der Waals surface area contributed by atoms with Crippen molar-refractivity contribution in [2.24, 2.45) is 0 Å². The molecule has 0 aliphatic heterocycles. The van der Waals surface area contributed by atoms with E-state index >= 15 is 0 Å². The largest absolute Gasteiger partial charge is 0.456 e. The normalized spacial score (nSPS) is 11.7. The third-order valence-corrected chi connectivity index (χ3v) is 5.60. The maximum Gasteiger partial charge on any atom is 0.336 e. The molecule has 0 aliphatic carbocycles. The molecule has 30 heavy (non-hydrogen) atoms. The number of benzene rings is 2. The van der Waals surface area contributed by atoms with Crippen LogP contribution in [0, 0.1) is 6.92 Å². The van der Waals surface area contributed by atoms with E-state index in [2.05, 4.69) is 24.1 Å². The Morgan fingerprint density at radius 2 is 1.67 bits per heavy atom. The third kappa shape index (κ3) is 3.96. The quantitative estimate of drug-likeness (QED) is 0.434. The topological polar surface area (TPSA) is 75.7 Å². The number of carbonyl (C=O) groups excluding carboxylic acids is 1. The number of nitrogens with one attached hydrogen (secondary N) is 1. The molecule has 0 aliphatic rings. The molecule has 2 aromatic carbocycles. The van der Waals surface area contributed by atoms with Crippen molar-refractivity contribution >= 4 is 44.5 Å². The number of fused-ring (bicyclic) bond motifs is 4. The van der Waals surface area contributed by atoms with E-state index in [4.69, 9.17) is 8.83 Å². The molecule has 0 spiro atoms. The maximum absolute atomic E-state index is 12.3. The van der Waals surface area contributed by atoms with E-state index in [0.717, 1.165) is 47.8 Å². The van der Waals surface area contributed by atoms with E-state index in [0.29, 0.717) is 28.9 Å². The molecule has 6 heteroatoms. The molecule has 0 radical (unpaired) electrons. The molecule has 0 saturated heterocycles. The van der Waals surface area contributed by atoms with Gasteiger partial charge in [0.1, 0.15) is 16.7 Å². The van der Waals surface area contributed by atoms with E-state index in [1.807, 2.05) is 31.2 Å².